The molecule has 0 saturated carbocycles. The van der Waals surface area contributed by atoms with Gasteiger partial charge in [-0.3, -0.25) is 15.3 Å². The van der Waals surface area contributed by atoms with Crippen LogP contribution in [0.5, 0.6) is 5.75 Å². The maximum Gasteiger partial charge on any atom is 0.326 e. The van der Waals surface area contributed by atoms with Crippen molar-refractivity contribution in [3.63, 3.8) is 0 Å². The molecule has 7 heteroatoms. The normalized spacial score (nSPS) is 29.3. The fourth-order valence-corrected chi connectivity index (χ4v) is 4.33. The number of phenols is 1. The number of phenolic OH excluding ortho intramolecular Hbond substituents is 1. The Morgan fingerprint density at radius 2 is 2.30 bits per heavy atom. The van der Waals surface area contributed by atoms with E-state index in [1.54, 1.807) is 6.21 Å². The molecule has 5 rings (SSSR count). The fraction of sp³-hybridized carbons (Fsp3) is 0.438. The number of anilines is 1. The van der Waals surface area contributed by atoms with Crippen LogP contribution in [0.4, 0.5) is 11.4 Å². The van der Waals surface area contributed by atoms with Crippen LogP contribution in [0.25, 0.3) is 5.57 Å². The summed E-state index contributed by atoms with van der Waals surface area (Å²) < 4.78 is 0. The van der Waals surface area contributed by atoms with Crippen molar-refractivity contribution in [2.45, 2.75) is 38.0 Å². The lowest BCUT2D eigenvalue weighted by Crippen LogP contribution is -2.54. The quantitative estimate of drug-likeness (QED) is 0.675. The SMILES string of the molecule is C[C@@H]1N=c2c(O)c3c4c5c2[C@H](CCN5[C@H](C(=O)O)CC=4C=N3)N1. The molecule has 0 spiro atoms. The highest BCUT2D eigenvalue weighted by molar-refractivity contribution is 6.11. The molecule has 0 saturated heterocycles. The molecule has 0 aromatic heterocycles. The van der Waals surface area contributed by atoms with Gasteiger partial charge in [0.05, 0.1) is 11.9 Å². The molecule has 0 bridgehead atoms. The Morgan fingerprint density at radius 3 is 3.09 bits per heavy atom. The molecule has 4 heterocycles. The second-order valence-electron chi connectivity index (χ2n) is 6.53. The summed E-state index contributed by atoms with van der Waals surface area (Å²) in [5.74, 6) is -0.696. The summed E-state index contributed by atoms with van der Waals surface area (Å²) in [7, 11) is 0. The van der Waals surface area contributed by atoms with Crippen LogP contribution in [0, 0.1) is 0 Å². The third kappa shape index (κ3) is 1.50. The standard InChI is InChI=1S/C16H16N4O3/c1-6-18-8-2-3-20-9(16(22)23)4-7-5-17-12-10(7)14(20)11(8)13(19-6)15(12)21/h5-6,8-9,18,21H,2-4H2,1H3,(H,22,23)/t6-,8-,9-/m0/s1. The first-order valence-corrected chi connectivity index (χ1v) is 7.85. The van der Waals surface area contributed by atoms with Crippen molar-refractivity contribution in [3.05, 3.63) is 16.1 Å². The van der Waals surface area contributed by atoms with Crippen LogP contribution in [-0.2, 0) is 4.79 Å². The van der Waals surface area contributed by atoms with E-state index in [9.17, 15) is 15.0 Å². The van der Waals surface area contributed by atoms with Crippen LogP contribution >= 0.6 is 0 Å². The minimum Gasteiger partial charge on any atom is -0.504 e. The van der Waals surface area contributed by atoms with Crippen molar-refractivity contribution >= 4 is 29.1 Å². The molecule has 0 amide bonds. The number of aliphatic carboxylic acids is 1. The molecule has 3 N–H and O–H groups in total. The van der Waals surface area contributed by atoms with E-state index in [0.717, 1.165) is 28.5 Å². The molecule has 0 aliphatic carbocycles. The van der Waals surface area contributed by atoms with Gasteiger partial charge in [-0.1, -0.05) is 0 Å². The van der Waals surface area contributed by atoms with Gasteiger partial charge in [-0.05, 0) is 18.9 Å². The van der Waals surface area contributed by atoms with Crippen LogP contribution in [0.2, 0.25) is 0 Å². The van der Waals surface area contributed by atoms with Crippen LogP contribution in [0.15, 0.2) is 9.98 Å². The predicted octanol–water partition coefficient (Wildman–Crippen LogP) is -0.0643. The number of nitrogens with one attached hydrogen (secondary N) is 1. The molecule has 118 valence electrons. The molecule has 23 heavy (non-hydrogen) atoms. The first-order chi connectivity index (χ1) is 11.1. The van der Waals surface area contributed by atoms with E-state index in [4.69, 9.17) is 0 Å². The van der Waals surface area contributed by atoms with Crippen molar-refractivity contribution in [2.24, 2.45) is 9.98 Å². The Labute approximate surface area is 131 Å². The van der Waals surface area contributed by atoms with E-state index < -0.39 is 12.0 Å². The lowest BCUT2D eigenvalue weighted by Gasteiger charge is -2.43. The molecule has 0 unspecified atom stereocenters. The van der Waals surface area contributed by atoms with Crippen molar-refractivity contribution in [3.8, 4) is 5.75 Å². The zero-order valence-corrected chi connectivity index (χ0v) is 12.6. The van der Waals surface area contributed by atoms with Gasteiger partial charge in [0.15, 0.2) is 5.75 Å². The van der Waals surface area contributed by atoms with Gasteiger partial charge < -0.3 is 15.1 Å². The molecule has 1 aromatic carbocycles. The summed E-state index contributed by atoms with van der Waals surface area (Å²) in [6.07, 6.45) is 2.84. The van der Waals surface area contributed by atoms with Gasteiger partial charge in [0.1, 0.15) is 17.1 Å². The highest BCUT2D eigenvalue weighted by atomic mass is 16.4. The number of aliphatic imine (C=N–C) groups is 1. The number of carboxylic acids is 1. The summed E-state index contributed by atoms with van der Waals surface area (Å²) in [5, 5.41) is 25.2. The molecule has 3 atom stereocenters. The molecule has 7 nitrogen and oxygen atoms in total. The number of nitrogens with zero attached hydrogens (tertiary/aromatic N) is 3. The second kappa shape index (κ2) is 4.11. The van der Waals surface area contributed by atoms with Gasteiger partial charge >= 0.3 is 5.97 Å². The summed E-state index contributed by atoms with van der Waals surface area (Å²) in [6, 6.07) is -0.488. The van der Waals surface area contributed by atoms with E-state index in [1.165, 1.54) is 0 Å². The summed E-state index contributed by atoms with van der Waals surface area (Å²) in [6.45, 7) is 2.63. The Balaban J connectivity index is 1.94. The average Bonchev–Trinajstić information content (AvgIpc) is 2.95. The van der Waals surface area contributed by atoms with E-state index in [0.29, 0.717) is 24.0 Å². The fourth-order valence-electron chi connectivity index (χ4n) is 4.33. The van der Waals surface area contributed by atoms with Gasteiger partial charge in [-0.2, -0.15) is 0 Å². The molecule has 4 aliphatic rings. The van der Waals surface area contributed by atoms with E-state index in [-0.39, 0.29) is 18.0 Å². The summed E-state index contributed by atoms with van der Waals surface area (Å²) in [5.41, 5.74) is 3.27. The van der Waals surface area contributed by atoms with Crippen LogP contribution in [0.3, 0.4) is 0 Å². The minimum absolute atomic E-state index is 0.0807. The van der Waals surface area contributed by atoms with Crippen molar-refractivity contribution in [2.75, 3.05) is 11.4 Å². The zero-order valence-electron chi connectivity index (χ0n) is 12.6. The highest BCUT2D eigenvalue weighted by Gasteiger charge is 2.42. The van der Waals surface area contributed by atoms with Gasteiger partial charge in [-0.15, -0.1) is 0 Å². The Bertz CT molecular complexity index is 920. The minimum atomic E-state index is -0.820. The number of benzene rings is 1. The predicted molar refractivity (Wildman–Crippen MR) is 83.8 cm³/mol. The Kier molecular flexibility index (Phi) is 2.33. The van der Waals surface area contributed by atoms with Gasteiger partial charge in [0.2, 0.25) is 0 Å². The average molecular weight is 312 g/mol. The van der Waals surface area contributed by atoms with Crippen LogP contribution in [-0.4, -0.2) is 41.1 Å². The maximum absolute atomic E-state index is 11.7. The summed E-state index contributed by atoms with van der Waals surface area (Å²) in [4.78, 5) is 22.6. The summed E-state index contributed by atoms with van der Waals surface area (Å²) >= 11 is 0. The molecule has 4 aliphatic heterocycles. The van der Waals surface area contributed by atoms with Crippen LogP contribution in [0.1, 0.15) is 31.4 Å². The topological polar surface area (TPSA) is 97.5 Å². The van der Waals surface area contributed by atoms with Crippen molar-refractivity contribution in [1.29, 1.82) is 0 Å². The molecule has 0 fully saturated rings. The number of hydrogen-bond donors (Lipinski definition) is 3. The molecular formula is C16H16N4O3. The Hall–Kier alpha value is -2.41. The number of carboxylic acid groups (broad SMARTS) is 1. The lowest BCUT2D eigenvalue weighted by molar-refractivity contribution is -0.138. The third-order valence-electron chi connectivity index (χ3n) is 5.24. The Morgan fingerprint density at radius 1 is 1.48 bits per heavy atom. The zero-order chi connectivity index (χ0) is 15.9. The molecule has 1 aromatic rings. The van der Waals surface area contributed by atoms with Gasteiger partial charge in [0, 0.05) is 36.0 Å². The van der Waals surface area contributed by atoms with E-state index in [2.05, 4.69) is 15.3 Å². The number of aromatic hydroxyl groups is 1. The first kappa shape index (κ1) is 13.1. The van der Waals surface area contributed by atoms with Crippen LogP contribution < -0.4 is 20.8 Å². The highest BCUT2D eigenvalue weighted by Crippen LogP contribution is 2.41. The number of carbonyl (C=O) groups is 1. The van der Waals surface area contributed by atoms with E-state index in [1.807, 2.05) is 11.8 Å². The van der Waals surface area contributed by atoms with Crippen molar-refractivity contribution in [1.82, 2.24) is 5.32 Å². The van der Waals surface area contributed by atoms with E-state index >= 15 is 0 Å². The van der Waals surface area contributed by atoms with Gasteiger partial charge in [0.25, 0.3) is 0 Å². The van der Waals surface area contributed by atoms with Crippen molar-refractivity contribution < 1.29 is 15.0 Å². The second-order valence-corrected chi connectivity index (χ2v) is 6.53. The smallest absolute Gasteiger partial charge is 0.326 e. The third-order valence-corrected chi connectivity index (χ3v) is 5.24. The maximum atomic E-state index is 11.7. The number of rotatable bonds is 1. The lowest BCUT2D eigenvalue weighted by atomic mass is 9.86. The first-order valence-electron chi connectivity index (χ1n) is 7.85. The molecular weight excluding hydrogens is 296 g/mol. The monoisotopic (exact) mass is 312 g/mol. The molecule has 0 radical (unpaired) electrons. The largest absolute Gasteiger partial charge is 0.504 e. The number of hydrogen-bond acceptors (Lipinski definition) is 6. The van der Waals surface area contributed by atoms with Gasteiger partial charge in [-0.25, -0.2) is 4.79 Å².